The van der Waals surface area contributed by atoms with Crippen LogP contribution in [0.4, 0.5) is 5.69 Å². The van der Waals surface area contributed by atoms with Gasteiger partial charge in [-0.3, -0.25) is 4.79 Å². The third-order valence-corrected chi connectivity index (χ3v) is 4.07. The lowest BCUT2D eigenvalue weighted by molar-refractivity contribution is 0.102. The highest BCUT2D eigenvalue weighted by molar-refractivity contribution is 6.31. The lowest BCUT2D eigenvalue weighted by Crippen LogP contribution is -2.12. The van der Waals surface area contributed by atoms with Crippen LogP contribution >= 0.6 is 11.6 Å². The number of nitrogens with one attached hydrogen (secondary N) is 1. The highest BCUT2D eigenvalue weighted by atomic mass is 35.5. The summed E-state index contributed by atoms with van der Waals surface area (Å²) in [6, 6.07) is 12.7. The molecule has 2 rings (SSSR count). The normalized spacial score (nSPS) is 10.5. The van der Waals surface area contributed by atoms with E-state index in [0.717, 1.165) is 23.4 Å². The largest absolute Gasteiger partial charge is 0.494 e. The number of ether oxygens (including phenoxy) is 1. The molecule has 4 heteroatoms. The molecule has 0 bridgehead atoms. The number of aryl methyl sites for hydroxylation is 1. The van der Waals surface area contributed by atoms with Gasteiger partial charge in [-0.25, -0.2) is 0 Å². The minimum atomic E-state index is -0.158. The SMILES string of the molecule is CCCCCCOc1ccc(C(=O)Nc2cc(Cl)ccc2C)cc1. The Hall–Kier alpha value is -2.00. The van der Waals surface area contributed by atoms with Crippen LogP contribution < -0.4 is 10.1 Å². The summed E-state index contributed by atoms with van der Waals surface area (Å²) in [6.07, 6.45) is 4.71. The Morgan fingerprint density at radius 3 is 2.54 bits per heavy atom. The third-order valence-electron chi connectivity index (χ3n) is 3.83. The van der Waals surface area contributed by atoms with Crippen molar-refractivity contribution in [2.45, 2.75) is 39.5 Å². The van der Waals surface area contributed by atoms with Crippen LogP contribution in [-0.2, 0) is 0 Å². The molecule has 0 aliphatic carbocycles. The van der Waals surface area contributed by atoms with Crippen molar-refractivity contribution in [2.24, 2.45) is 0 Å². The van der Waals surface area contributed by atoms with Gasteiger partial charge in [0, 0.05) is 16.3 Å². The first-order valence-electron chi connectivity index (χ1n) is 8.40. The smallest absolute Gasteiger partial charge is 0.255 e. The average molecular weight is 346 g/mol. The van der Waals surface area contributed by atoms with E-state index >= 15 is 0 Å². The summed E-state index contributed by atoms with van der Waals surface area (Å²) in [5.74, 6) is 0.636. The summed E-state index contributed by atoms with van der Waals surface area (Å²) in [4.78, 5) is 12.3. The van der Waals surface area contributed by atoms with E-state index in [4.69, 9.17) is 16.3 Å². The third kappa shape index (κ3) is 5.57. The Morgan fingerprint density at radius 1 is 1.08 bits per heavy atom. The maximum absolute atomic E-state index is 12.3. The van der Waals surface area contributed by atoms with Gasteiger partial charge in [-0.05, 0) is 55.3 Å². The first-order chi connectivity index (χ1) is 11.6. The van der Waals surface area contributed by atoms with E-state index in [-0.39, 0.29) is 5.91 Å². The van der Waals surface area contributed by atoms with Gasteiger partial charge in [0.15, 0.2) is 0 Å². The van der Waals surface area contributed by atoms with Crippen molar-refractivity contribution in [3.8, 4) is 5.75 Å². The van der Waals surface area contributed by atoms with Crippen LogP contribution in [0, 0.1) is 6.92 Å². The second kappa shape index (κ2) is 9.33. The zero-order chi connectivity index (χ0) is 17.4. The number of carbonyl (C=O) groups excluding carboxylic acids is 1. The molecule has 0 saturated heterocycles. The second-order valence-electron chi connectivity index (χ2n) is 5.85. The molecule has 24 heavy (non-hydrogen) atoms. The number of anilines is 1. The summed E-state index contributed by atoms with van der Waals surface area (Å²) in [7, 11) is 0. The molecular formula is C20H24ClNO2. The van der Waals surface area contributed by atoms with Gasteiger partial charge in [-0.15, -0.1) is 0 Å². The van der Waals surface area contributed by atoms with Gasteiger partial charge in [0.05, 0.1) is 6.61 Å². The molecule has 0 spiro atoms. The van der Waals surface area contributed by atoms with Gasteiger partial charge in [0.2, 0.25) is 0 Å². The molecule has 1 N–H and O–H groups in total. The van der Waals surface area contributed by atoms with Gasteiger partial charge in [0.1, 0.15) is 5.75 Å². The van der Waals surface area contributed by atoms with Crippen molar-refractivity contribution < 1.29 is 9.53 Å². The van der Waals surface area contributed by atoms with Crippen LogP contribution in [0.25, 0.3) is 0 Å². The van der Waals surface area contributed by atoms with Gasteiger partial charge in [-0.2, -0.15) is 0 Å². The number of amides is 1. The van der Waals surface area contributed by atoms with E-state index in [1.54, 1.807) is 24.3 Å². The minimum Gasteiger partial charge on any atom is -0.494 e. The number of hydrogen-bond acceptors (Lipinski definition) is 2. The molecular weight excluding hydrogens is 322 g/mol. The van der Waals surface area contributed by atoms with E-state index in [9.17, 15) is 4.79 Å². The Labute approximate surface area is 149 Å². The molecule has 128 valence electrons. The van der Waals surface area contributed by atoms with Crippen molar-refractivity contribution in [1.29, 1.82) is 0 Å². The Kier molecular flexibility index (Phi) is 7.13. The van der Waals surface area contributed by atoms with E-state index in [1.165, 1.54) is 19.3 Å². The van der Waals surface area contributed by atoms with Gasteiger partial charge in [0.25, 0.3) is 5.91 Å². The quantitative estimate of drug-likeness (QED) is 0.608. The number of benzene rings is 2. The first-order valence-corrected chi connectivity index (χ1v) is 8.78. The molecule has 0 aliphatic rings. The molecule has 0 heterocycles. The molecule has 0 aliphatic heterocycles. The Bertz CT molecular complexity index is 668. The number of carbonyl (C=O) groups is 1. The van der Waals surface area contributed by atoms with Crippen molar-refractivity contribution in [2.75, 3.05) is 11.9 Å². The molecule has 1 amide bonds. The average Bonchev–Trinajstić information content (AvgIpc) is 2.58. The van der Waals surface area contributed by atoms with Crippen LogP contribution in [0.1, 0.15) is 48.5 Å². The van der Waals surface area contributed by atoms with Crippen LogP contribution in [0.5, 0.6) is 5.75 Å². The summed E-state index contributed by atoms with van der Waals surface area (Å²) < 4.78 is 5.69. The summed E-state index contributed by atoms with van der Waals surface area (Å²) >= 11 is 5.98. The van der Waals surface area contributed by atoms with Gasteiger partial charge >= 0.3 is 0 Å². The van der Waals surface area contributed by atoms with Crippen LogP contribution in [0.3, 0.4) is 0 Å². The van der Waals surface area contributed by atoms with Gasteiger partial charge < -0.3 is 10.1 Å². The van der Waals surface area contributed by atoms with Crippen molar-refractivity contribution in [1.82, 2.24) is 0 Å². The monoisotopic (exact) mass is 345 g/mol. The molecule has 0 radical (unpaired) electrons. The van der Waals surface area contributed by atoms with E-state index in [1.807, 2.05) is 25.1 Å². The van der Waals surface area contributed by atoms with Crippen LogP contribution in [0.15, 0.2) is 42.5 Å². The molecule has 0 aromatic heterocycles. The topological polar surface area (TPSA) is 38.3 Å². The van der Waals surface area contributed by atoms with Crippen LogP contribution in [-0.4, -0.2) is 12.5 Å². The fourth-order valence-electron chi connectivity index (χ4n) is 2.34. The highest BCUT2D eigenvalue weighted by Gasteiger charge is 2.08. The number of halogens is 1. The first kappa shape index (κ1) is 18.3. The molecule has 0 fully saturated rings. The second-order valence-corrected chi connectivity index (χ2v) is 6.28. The fourth-order valence-corrected chi connectivity index (χ4v) is 2.52. The number of hydrogen-bond donors (Lipinski definition) is 1. The summed E-state index contributed by atoms with van der Waals surface area (Å²) in [6.45, 7) is 4.84. The van der Waals surface area contributed by atoms with Crippen LogP contribution in [0.2, 0.25) is 5.02 Å². The molecule has 0 saturated carbocycles. The predicted octanol–water partition coefficient (Wildman–Crippen LogP) is 5.86. The molecule has 0 atom stereocenters. The molecule has 3 nitrogen and oxygen atoms in total. The molecule has 0 unspecified atom stereocenters. The van der Waals surface area contributed by atoms with Gasteiger partial charge in [-0.1, -0.05) is 43.9 Å². The zero-order valence-corrected chi connectivity index (χ0v) is 15.0. The summed E-state index contributed by atoms with van der Waals surface area (Å²) in [5, 5.41) is 3.49. The maximum Gasteiger partial charge on any atom is 0.255 e. The van der Waals surface area contributed by atoms with Crippen molar-refractivity contribution >= 4 is 23.2 Å². The van der Waals surface area contributed by atoms with E-state index in [0.29, 0.717) is 17.2 Å². The molecule has 2 aromatic rings. The standard InChI is InChI=1S/C20H24ClNO2/c1-3-4-5-6-13-24-18-11-8-16(9-12-18)20(23)22-19-14-17(21)10-7-15(19)2/h7-12,14H,3-6,13H2,1-2H3,(H,22,23). The van der Waals surface area contributed by atoms with Crippen molar-refractivity contribution in [3.05, 3.63) is 58.6 Å². The number of rotatable bonds is 8. The maximum atomic E-state index is 12.3. The van der Waals surface area contributed by atoms with E-state index < -0.39 is 0 Å². The lowest BCUT2D eigenvalue weighted by atomic mass is 10.1. The lowest BCUT2D eigenvalue weighted by Gasteiger charge is -2.10. The highest BCUT2D eigenvalue weighted by Crippen LogP contribution is 2.21. The predicted molar refractivity (Wildman–Crippen MR) is 100 cm³/mol. The fraction of sp³-hybridized carbons (Fsp3) is 0.350. The summed E-state index contributed by atoms with van der Waals surface area (Å²) in [5.41, 5.74) is 2.29. The Balaban J connectivity index is 1.90. The number of unbranched alkanes of at least 4 members (excludes halogenated alkanes) is 3. The van der Waals surface area contributed by atoms with E-state index in [2.05, 4.69) is 12.2 Å². The van der Waals surface area contributed by atoms with Crippen molar-refractivity contribution in [3.63, 3.8) is 0 Å². The minimum absolute atomic E-state index is 0.158. The Morgan fingerprint density at radius 2 is 1.83 bits per heavy atom. The molecule has 2 aromatic carbocycles. The zero-order valence-electron chi connectivity index (χ0n) is 14.3.